The molecule has 1 amide bonds. The Kier molecular flexibility index (Phi) is 3.93. The second-order valence-corrected chi connectivity index (χ2v) is 7.40. The minimum atomic E-state index is -0.278. The summed E-state index contributed by atoms with van der Waals surface area (Å²) >= 11 is 0. The summed E-state index contributed by atoms with van der Waals surface area (Å²) in [5, 5.41) is 0. The third-order valence-electron chi connectivity index (χ3n) is 5.76. The SMILES string of the molecule is Cc1ncccc1C(=O)N1C2CCC1c1cnc(-c3ccc(F)cc3)nc1C2. The number of nitrogens with zero attached hydrogens (tertiary/aromatic N) is 4. The zero-order chi connectivity index (χ0) is 19.3. The van der Waals surface area contributed by atoms with E-state index in [4.69, 9.17) is 4.98 Å². The van der Waals surface area contributed by atoms with Crippen molar-refractivity contribution in [3.05, 3.63) is 77.1 Å². The molecule has 1 aromatic carbocycles. The molecule has 0 spiro atoms. The monoisotopic (exact) mass is 374 g/mol. The maximum atomic E-state index is 13.2. The average molecular weight is 374 g/mol. The molecule has 2 aliphatic heterocycles. The fourth-order valence-electron chi connectivity index (χ4n) is 4.37. The van der Waals surface area contributed by atoms with Crippen LogP contribution in [0.15, 0.2) is 48.8 Å². The number of amides is 1. The van der Waals surface area contributed by atoms with Gasteiger partial charge in [-0.25, -0.2) is 14.4 Å². The van der Waals surface area contributed by atoms with Crippen LogP contribution in [0.3, 0.4) is 0 Å². The number of aromatic nitrogens is 3. The van der Waals surface area contributed by atoms with Crippen molar-refractivity contribution in [2.24, 2.45) is 0 Å². The molecule has 0 radical (unpaired) electrons. The maximum Gasteiger partial charge on any atom is 0.256 e. The van der Waals surface area contributed by atoms with Crippen LogP contribution < -0.4 is 0 Å². The molecule has 5 nitrogen and oxygen atoms in total. The van der Waals surface area contributed by atoms with Crippen LogP contribution in [0.25, 0.3) is 11.4 Å². The van der Waals surface area contributed by atoms with Gasteiger partial charge in [0.1, 0.15) is 5.82 Å². The Hall–Kier alpha value is -3.15. The van der Waals surface area contributed by atoms with Crippen molar-refractivity contribution in [1.82, 2.24) is 19.9 Å². The first-order valence-corrected chi connectivity index (χ1v) is 9.48. The molecule has 1 fully saturated rings. The molecule has 28 heavy (non-hydrogen) atoms. The van der Waals surface area contributed by atoms with Crippen molar-refractivity contribution in [3.63, 3.8) is 0 Å². The Labute approximate surface area is 162 Å². The summed E-state index contributed by atoms with van der Waals surface area (Å²) in [4.78, 5) is 28.7. The van der Waals surface area contributed by atoms with Gasteiger partial charge in [0.15, 0.2) is 5.82 Å². The molecule has 0 aliphatic carbocycles. The van der Waals surface area contributed by atoms with Gasteiger partial charge in [0.2, 0.25) is 0 Å². The molecule has 5 rings (SSSR count). The van der Waals surface area contributed by atoms with E-state index < -0.39 is 0 Å². The molecule has 6 heteroatoms. The van der Waals surface area contributed by atoms with E-state index in [1.54, 1.807) is 24.4 Å². The first-order valence-electron chi connectivity index (χ1n) is 9.48. The van der Waals surface area contributed by atoms with Gasteiger partial charge in [0.05, 0.1) is 17.3 Å². The minimum Gasteiger partial charge on any atom is -0.328 e. The van der Waals surface area contributed by atoms with E-state index in [1.807, 2.05) is 24.1 Å². The standard InChI is InChI=1S/C22H19FN4O/c1-13-17(3-2-10-24-13)22(28)27-16-8-9-20(27)18-12-25-21(26-19(18)11-16)14-4-6-15(23)7-5-14/h2-7,10,12,16,20H,8-9,11H2,1H3. The molecular weight excluding hydrogens is 355 g/mol. The van der Waals surface area contributed by atoms with Gasteiger partial charge in [0.25, 0.3) is 5.91 Å². The summed E-state index contributed by atoms with van der Waals surface area (Å²) in [6, 6.07) is 10.00. The molecule has 1 saturated heterocycles. The fraction of sp³-hybridized carbons (Fsp3) is 0.273. The zero-order valence-corrected chi connectivity index (χ0v) is 15.5. The summed E-state index contributed by atoms with van der Waals surface area (Å²) in [6.45, 7) is 1.87. The molecule has 3 aromatic rings. The number of pyridine rings is 1. The summed E-state index contributed by atoms with van der Waals surface area (Å²) in [6.07, 6.45) is 6.13. The summed E-state index contributed by atoms with van der Waals surface area (Å²) in [5.41, 5.74) is 4.22. The van der Waals surface area contributed by atoms with E-state index in [-0.39, 0.29) is 23.8 Å². The van der Waals surface area contributed by atoms with Gasteiger partial charge in [-0.3, -0.25) is 9.78 Å². The fourth-order valence-corrected chi connectivity index (χ4v) is 4.37. The second kappa shape index (κ2) is 6.48. The van der Waals surface area contributed by atoms with Crippen LogP contribution in [0.2, 0.25) is 0 Å². The van der Waals surface area contributed by atoms with Gasteiger partial charge >= 0.3 is 0 Å². The zero-order valence-electron chi connectivity index (χ0n) is 15.5. The third kappa shape index (κ3) is 2.68. The largest absolute Gasteiger partial charge is 0.328 e. The summed E-state index contributed by atoms with van der Waals surface area (Å²) in [7, 11) is 0. The van der Waals surface area contributed by atoms with E-state index in [2.05, 4.69) is 9.97 Å². The smallest absolute Gasteiger partial charge is 0.256 e. The number of carbonyl (C=O) groups excluding carboxylic acids is 1. The highest BCUT2D eigenvalue weighted by Crippen LogP contribution is 2.44. The molecule has 2 bridgehead atoms. The summed E-state index contributed by atoms with van der Waals surface area (Å²) < 4.78 is 13.2. The van der Waals surface area contributed by atoms with Crippen LogP contribution in [0.4, 0.5) is 4.39 Å². The lowest BCUT2D eigenvalue weighted by molar-refractivity contribution is 0.0642. The molecule has 0 saturated carbocycles. The molecule has 2 unspecified atom stereocenters. The molecule has 2 aliphatic rings. The second-order valence-electron chi connectivity index (χ2n) is 7.40. The Morgan fingerprint density at radius 1 is 1.14 bits per heavy atom. The summed E-state index contributed by atoms with van der Waals surface area (Å²) in [5.74, 6) is 0.354. The Morgan fingerprint density at radius 3 is 2.75 bits per heavy atom. The Bertz CT molecular complexity index is 1070. The van der Waals surface area contributed by atoms with Gasteiger partial charge in [0, 0.05) is 41.7 Å². The van der Waals surface area contributed by atoms with Crippen molar-refractivity contribution in [3.8, 4) is 11.4 Å². The highest BCUT2D eigenvalue weighted by molar-refractivity contribution is 5.96. The quantitative estimate of drug-likeness (QED) is 0.683. The number of halogens is 1. The average Bonchev–Trinajstić information content (AvgIpc) is 3.03. The van der Waals surface area contributed by atoms with E-state index in [9.17, 15) is 9.18 Å². The van der Waals surface area contributed by atoms with Crippen molar-refractivity contribution in [2.75, 3.05) is 0 Å². The number of aryl methyl sites for hydroxylation is 1. The van der Waals surface area contributed by atoms with Crippen LogP contribution in [-0.2, 0) is 6.42 Å². The van der Waals surface area contributed by atoms with Gasteiger partial charge < -0.3 is 4.90 Å². The normalized spacial score (nSPS) is 20.1. The van der Waals surface area contributed by atoms with Gasteiger partial charge in [-0.2, -0.15) is 0 Å². The lowest BCUT2D eigenvalue weighted by Crippen LogP contribution is -2.42. The maximum absolute atomic E-state index is 13.2. The molecule has 2 aromatic heterocycles. The predicted octanol–water partition coefficient (Wildman–Crippen LogP) is 3.89. The number of hydrogen-bond acceptors (Lipinski definition) is 4. The lowest BCUT2D eigenvalue weighted by Gasteiger charge is -2.36. The van der Waals surface area contributed by atoms with Crippen LogP contribution in [-0.4, -0.2) is 31.8 Å². The molecular formula is C22H19FN4O. The Balaban J connectivity index is 1.50. The van der Waals surface area contributed by atoms with Crippen LogP contribution in [0.5, 0.6) is 0 Å². The number of rotatable bonds is 2. The Morgan fingerprint density at radius 2 is 1.96 bits per heavy atom. The van der Waals surface area contributed by atoms with Crippen LogP contribution >= 0.6 is 0 Å². The first-order chi connectivity index (χ1) is 13.6. The van der Waals surface area contributed by atoms with Crippen molar-refractivity contribution in [1.29, 1.82) is 0 Å². The van der Waals surface area contributed by atoms with Crippen LogP contribution in [0, 0.1) is 12.7 Å². The van der Waals surface area contributed by atoms with Gasteiger partial charge in [-0.15, -0.1) is 0 Å². The first kappa shape index (κ1) is 17.0. The number of fused-ring (bicyclic) bond motifs is 4. The van der Waals surface area contributed by atoms with E-state index in [0.717, 1.165) is 35.4 Å². The van der Waals surface area contributed by atoms with Gasteiger partial charge in [-0.1, -0.05) is 0 Å². The lowest BCUT2D eigenvalue weighted by atomic mass is 9.97. The predicted molar refractivity (Wildman–Crippen MR) is 102 cm³/mol. The number of benzene rings is 1. The van der Waals surface area contributed by atoms with Crippen LogP contribution in [0.1, 0.15) is 46.2 Å². The molecule has 2 atom stereocenters. The van der Waals surface area contributed by atoms with E-state index >= 15 is 0 Å². The number of hydrogen-bond donors (Lipinski definition) is 0. The van der Waals surface area contributed by atoms with Crippen molar-refractivity contribution >= 4 is 5.91 Å². The highest BCUT2D eigenvalue weighted by Gasteiger charge is 2.44. The molecule has 4 heterocycles. The van der Waals surface area contributed by atoms with E-state index in [1.165, 1.54) is 12.1 Å². The van der Waals surface area contributed by atoms with Crippen molar-refractivity contribution in [2.45, 2.75) is 38.3 Å². The highest BCUT2D eigenvalue weighted by atomic mass is 19.1. The van der Waals surface area contributed by atoms with E-state index in [0.29, 0.717) is 17.8 Å². The van der Waals surface area contributed by atoms with Gasteiger partial charge in [-0.05, 0) is 56.2 Å². The topological polar surface area (TPSA) is 59.0 Å². The van der Waals surface area contributed by atoms with Crippen molar-refractivity contribution < 1.29 is 9.18 Å². The minimum absolute atomic E-state index is 0.00289. The molecule has 140 valence electrons. The third-order valence-corrected chi connectivity index (χ3v) is 5.76. The number of carbonyl (C=O) groups is 1. The molecule has 0 N–H and O–H groups in total.